The van der Waals surface area contributed by atoms with E-state index in [1.165, 1.54) is 0 Å². The van der Waals surface area contributed by atoms with E-state index in [2.05, 4.69) is 0 Å². The van der Waals surface area contributed by atoms with Gasteiger partial charge >= 0.3 is 0 Å². The number of aromatic hydroxyl groups is 2. The van der Waals surface area contributed by atoms with E-state index in [0.29, 0.717) is 27.8 Å². The number of fused-ring (bicyclic) bond motifs is 3. The molecule has 0 fully saturated rings. The number of ketones is 1. The van der Waals surface area contributed by atoms with Crippen molar-refractivity contribution < 1.29 is 15.0 Å². The number of hydrogen-bond acceptors (Lipinski definition) is 3. The van der Waals surface area contributed by atoms with Crippen LogP contribution in [0.4, 0.5) is 0 Å². The van der Waals surface area contributed by atoms with Gasteiger partial charge in [-0.1, -0.05) is 26.8 Å². The zero-order valence-corrected chi connectivity index (χ0v) is 13.5. The van der Waals surface area contributed by atoms with Gasteiger partial charge in [-0.15, -0.1) is 0 Å². The molecule has 114 valence electrons. The molecule has 2 aromatic rings. The van der Waals surface area contributed by atoms with Crippen molar-refractivity contribution in [3.8, 4) is 22.6 Å². The summed E-state index contributed by atoms with van der Waals surface area (Å²) >= 11 is 0. The molecule has 2 N–H and O–H groups in total. The van der Waals surface area contributed by atoms with Crippen molar-refractivity contribution >= 4 is 5.78 Å². The average Bonchev–Trinajstić information content (AvgIpc) is 2.69. The standard InChI is InChI=1S/C19H20O3/c1-9-8-12-14(10(2)16(9)20)17(21)11-6-7-13(19(3,4)5)18(22)15(11)12/h6-8,20,22H,1-5H3. The highest BCUT2D eigenvalue weighted by Crippen LogP contribution is 2.49. The summed E-state index contributed by atoms with van der Waals surface area (Å²) in [4.78, 5) is 12.7. The molecule has 2 aromatic carbocycles. The van der Waals surface area contributed by atoms with Crippen molar-refractivity contribution in [3.63, 3.8) is 0 Å². The summed E-state index contributed by atoms with van der Waals surface area (Å²) in [6.07, 6.45) is 0. The lowest BCUT2D eigenvalue weighted by Gasteiger charge is -2.22. The molecule has 3 nitrogen and oxygen atoms in total. The maximum absolute atomic E-state index is 12.7. The number of carbonyl (C=O) groups excluding carboxylic acids is 1. The van der Waals surface area contributed by atoms with Gasteiger partial charge in [-0.2, -0.15) is 0 Å². The summed E-state index contributed by atoms with van der Waals surface area (Å²) in [7, 11) is 0. The molecule has 1 aliphatic carbocycles. The molecule has 1 aliphatic rings. The molecule has 0 aromatic heterocycles. The number of carbonyl (C=O) groups is 1. The smallest absolute Gasteiger partial charge is 0.194 e. The van der Waals surface area contributed by atoms with Crippen molar-refractivity contribution in [3.05, 3.63) is 46.0 Å². The lowest BCUT2D eigenvalue weighted by molar-refractivity contribution is 0.104. The zero-order chi connectivity index (χ0) is 16.4. The van der Waals surface area contributed by atoms with Crippen LogP contribution < -0.4 is 0 Å². The van der Waals surface area contributed by atoms with Crippen LogP contribution in [0.1, 0.15) is 53.4 Å². The van der Waals surface area contributed by atoms with Crippen molar-refractivity contribution in [2.45, 2.75) is 40.0 Å². The zero-order valence-electron chi connectivity index (χ0n) is 13.5. The summed E-state index contributed by atoms with van der Waals surface area (Å²) in [5.74, 6) is 0.186. The Morgan fingerprint density at radius 3 is 2.14 bits per heavy atom. The van der Waals surface area contributed by atoms with Gasteiger partial charge in [-0.05, 0) is 48.1 Å². The van der Waals surface area contributed by atoms with Crippen LogP contribution in [0.3, 0.4) is 0 Å². The normalized spacial score (nSPS) is 13.2. The summed E-state index contributed by atoms with van der Waals surface area (Å²) < 4.78 is 0. The van der Waals surface area contributed by atoms with Gasteiger partial charge < -0.3 is 10.2 Å². The monoisotopic (exact) mass is 296 g/mol. The van der Waals surface area contributed by atoms with E-state index in [0.717, 1.165) is 11.1 Å². The van der Waals surface area contributed by atoms with E-state index in [9.17, 15) is 15.0 Å². The third-order valence-corrected chi connectivity index (χ3v) is 4.46. The largest absolute Gasteiger partial charge is 0.507 e. The predicted molar refractivity (Wildman–Crippen MR) is 86.8 cm³/mol. The minimum Gasteiger partial charge on any atom is -0.507 e. The van der Waals surface area contributed by atoms with E-state index >= 15 is 0 Å². The third kappa shape index (κ3) is 1.78. The molecule has 0 saturated heterocycles. The molecular weight excluding hydrogens is 276 g/mol. The maximum Gasteiger partial charge on any atom is 0.194 e. The van der Waals surface area contributed by atoms with E-state index < -0.39 is 0 Å². The molecule has 0 unspecified atom stereocenters. The summed E-state index contributed by atoms with van der Waals surface area (Å²) in [6.45, 7) is 9.63. The highest BCUT2D eigenvalue weighted by molar-refractivity contribution is 6.23. The van der Waals surface area contributed by atoms with E-state index in [1.807, 2.05) is 26.8 Å². The number of benzene rings is 2. The predicted octanol–water partition coefficient (Wildman–Crippen LogP) is 4.22. The van der Waals surface area contributed by atoms with Gasteiger partial charge in [-0.3, -0.25) is 4.79 Å². The molecule has 22 heavy (non-hydrogen) atoms. The molecule has 0 spiro atoms. The minimum absolute atomic E-state index is 0.131. The Morgan fingerprint density at radius 1 is 0.909 bits per heavy atom. The first-order valence-corrected chi connectivity index (χ1v) is 7.39. The van der Waals surface area contributed by atoms with Crippen LogP contribution >= 0.6 is 0 Å². The van der Waals surface area contributed by atoms with Gasteiger partial charge in [0.1, 0.15) is 11.5 Å². The van der Waals surface area contributed by atoms with Crippen molar-refractivity contribution in [2.75, 3.05) is 0 Å². The van der Waals surface area contributed by atoms with Crippen LogP contribution in [0.15, 0.2) is 18.2 Å². The van der Waals surface area contributed by atoms with Gasteiger partial charge in [0.2, 0.25) is 0 Å². The van der Waals surface area contributed by atoms with Crippen molar-refractivity contribution in [1.82, 2.24) is 0 Å². The number of phenolic OH excluding ortho intramolecular Hbond substituents is 2. The first-order chi connectivity index (χ1) is 10.1. The lowest BCUT2D eigenvalue weighted by atomic mass is 9.84. The second-order valence-electron chi connectivity index (χ2n) is 7.05. The number of aryl methyl sites for hydroxylation is 1. The third-order valence-electron chi connectivity index (χ3n) is 4.46. The fraction of sp³-hybridized carbons (Fsp3) is 0.316. The van der Waals surface area contributed by atoms with Gasteiger partial charge in [0, 0.05) is 22.3 Å². The van der Waals surface area contributed by atoms with E-state index in [-0.39, 0.29) is 22.7 Å². The fourth-order valence-electron chi connectivity index (χ4n) is 3.26. The first kappa shape index (κ1) is 14.6. The molecule has 3 rings (SSSR count). The average molecular weight is 296 g/mol. The molecule has 0 radical (unpaired) electrons. The fourth-order valence-corrected chi connectivity index (χ4v) is 3.26. The number of phenols is 2. The first-order valence-electron chi connectivity index (χ1n) is 7.39. The summed E-state index contributed by atoms with van der Waals surface area (Å²) in [5, 5.41) is 20.9. The Hall–Kier alpha value is -2.29. The Morgan fingerprint density at radius 2 is 1.55 bits per heavy atom. The molecule has 0 atom stereocenters. The van der Waals surface area contributed by atoms with Crippen LogP contribution in [0.5, 0.6) is 11.5 Å². The topological polar surface area (TPSA) is 57.5 Å². The Labute approximate surface area is 130 Å². The summed E-state index contributed by atoms with van der Waals surface area (Å²) in [6, 6.07) is 5.39. The molecule has 0 amide bonds. The van der Waals surface area contributed by atoms with Crippen LogP contribution in [0.2, 0.25) is 0 Å². The van der Waals surface area contributed by atoms with Crippen LogP contribution in [0.25, 0.3) is 11.1 Å². The lowest BCUT2D eigenvalue weighted by Crippen LogP contribution is -2.12. The molecule has 3 heteroatoms. The molecule has 0 heterocycles. The molecular formula is C19H20O3. The Bertz CT molecular complexity index is 824. The minimum atomic E-state index is -0.216. The SMILES string of the molecule is Cc1cc2c(c(C)c1O)C(=O)c1ccc(C(C)(C)C)c(O)c1-2. The second-order valence-corrected chi connectivity index (χ2v) is 7.05. The molecule has 0 aliphatic heterocycles. The van der Waals surface area contributed by atoms with Gasteiger partial charge in [0.15, 0.2) is 5.78 Å². The Balaban J connectivity index is 2.41. The van der Waals surface area contributed by atoms with Gasteiger partial charge in [-0.25, -0.2) is 0 Å². The summed E-state index contributed by atoms with van der Waals surface area (Å²) in [5.41, 5.74) is 4.20. The second kappa shape index (κ2) is 4.35. The Kier molecular flexibility index (Phi) is 2.90. The number of rotatable bonds is 0. The maximum atomic E-state index is 12.7. The van der Waals surface area contributed by atoms with Crippen molar-refractivity contribution in [1.29, 1.82) is 0 Å². The van der Waals surface area contributed by atoms with Gasteiger partial charge in [0.25, 0.3) is 0 Å². The van der Waals surface area contributed by atoms with E-state index in [1.54, 1.807) is 26.0 Å². The highest BCUT2D eigenvalue weighted by Gasteiger charge is 2.34. The van der Waals surface area contributed by atoms with Crippen molar-refractivity contribution in [2.24, 2.45) is 0 Å². The molecule has 0 bridgehead atoms. The van der Waals surface area contributed by atoms with Crippen LogP contribution in [-0.4, -0.2) is 16.0 Å². The highest BCUT2D eigenvalue weighted by atomic mass is 16.3. The van der Waals surface area contributed by atoms with Crippen LogP contribution in [-0.2, 0) is 5.41 Å². The molecule has 0 saturated carbocycles. The quantitative estimate of drug-likeness (QED) is 0.653. The van der Waals surface area contributed by atoms with Gasteiger partial charge in [0.05, 0.1) is 0 Å². The van der Waals surface area contributed by atoms with Crippen LogP contribution in [0, 0.1) is 13.8 Å². The van der Waals surface area contributed by atoms with E-state index in [4.69, 9.17) is 0 Å². The number of hydrogen-bond donors (Lipinski definition) is 2.